The average molecular weight is 627 g/mol. The molecule has 6 aromatic rings. The number of anilines is 1. The molecule has 0 aliphatic carbocycles. The third-order valence-electron chi connectivity index (χ3n) is 7.02. The van der Waals surface area contributed by atoms with Crippen molar-refractivity contribution >= 4 is 34.2 Å². The Kier molecular flexibility index (Phi) is 8.30. The van der Waals surface area contributed by atoms with Crippen molar-refractivity contribution in [2.45, 2.75) is 13.3 Å². The fourth-order valence-electron chi connectivity index (χ4n) is 4.93. The third-order valence-corrected chi connectivity index (χ3v) is 7.27. The highest BCUT2D eigenvalue weighted by atomic mass is 35.5. The van der Waals surface area contributed by atoms with Crippen molar-refractivity contribution in [3.05, 3.63) is 130 Å². The van der Waals surface area contributed by atoms with Crippen molar-refractivity contribution in [1.29, 1.82) is 0 Å². The first-order valence-corrected chi connectivity index (χ1v) is 14.3. The van der Waals surface area contributed by atoms with E-state index in [4.69, 9.17) is 21.1 Å². The molecule has 3 aromatic heterocycles. The Bertz CT molecular complexity index is 2080. The van der Waals surface area contributed by atoms with Gasteiger partial charge in [0, 0.05) is 46.6 Å². The summed E-state index contributed by atoms with van der Waals surface area (Å²) >= 11 is 6.05. The molecule has 0 radical (unpaired) electrons. The Morgan fingerprint density at radius 3 is 2.49 bits per heavy atom. The number of amides is 1. The summed E-state index contributed by atoms with van der Waals surface area (Å²) in [5, 5.41) is 3.90. The van der Waals surface area contributed by atoms with E-state index in [1.54, 1.807) is 43.6 Å². The summed E-state index contributed by atoms with van der Waals surface area (Å²) in [4.78, 5) is 33.8. The van der Waals surface area contributed by atoms with Crippen LogP contribution in [0.4, 0.5) is 14.5 Å². The second-order valence-electron chi connectivity index (χ2n) is 9.96. The lowest BCUT2D eigenvalue weighted by Gasteiger charge is -2.14. The number of nitrogens with one attached hydrogen (secondary N) is 2. The van der Waals surface area contributed by atoms with E-state index in [1.165, 1.54) is 47.2 Å². The predicted molar refractivity (Wildman–Crippen MR) is 169 cm³/mol. The highest BCUT2D eigenvalue weighted by molar-refractivity contribution is 6.30. The van der Waals surface area contributed by atoms with Gasteiger partial charge in [-0.2, -0.15) is 0 Å². The summed E-state index contributed by atoms with van der Waals surface area (Å²) in [5.74, 6) is -1.15. The van der Waals surface area contributed by atoms with Gasteiger partial charge in [-0.05, 0) is 73.2 Å². The van der Waals surface area contributed by atoms with E-state index in [-0.39, 0.29) is 35.8 Å². The van der Waals surface area contributed by atoms with Crippen molar-refractivity contribution in [3.8, 4) is 34.1 Å². The zero-order valence-electron chi connectivity index (χ0n) is 23.8. The number of benzene rings is 3. The molecular weight excluding hydrogens is 602 g/mol. The molecule has 0 aliphatic heterocycles. The zero-order chi connectivity index (χ0) is 31.5. The Balaban J connectivity index is 1.22. The van der Waals surface area contributed by atoms with Gasteiger partial charge in [0.2, 0.25) is 5.91 Å². The number of hydrogen-bond donors (Lipinski definition) is 2. The summed E-state index contributed by atoms with van der Waals surface area (Å²) in [5.41, 5.74) is 2.44. The van der Waals surface area contributed by atoms with Gasteiger partial charge in [0.05, 0.1) is 24.0 Å². The van der Waals surface area contributed by atoms with Crippen LogP contribution in [-0.2, 0) is 11.2 Å². The quantitative estimate of drug-likeness (QED) is 0.171. The molecule has 3 heterocycles. The minimum atomic E-state index is -0.713. The Morgan fingerprint density at radius 2 is 1.76 bits per heavy atom. The number of rotatable bonds is 9. The van der Waals surface area contributed by atoms with Crippen LogP contribution in [0.1, 0.15) is 12.5 Å². The largest absolute Gasteiger partial charge is 0.493 e. The predicted octanol–water partition coefficient (Wildman–Crippen LogP) is 7.68. The molecule has 0 atom stereocenters. The first-order chi connectivity index (χ1) is 21.8. The Labute approximate surface area is 260 Å². The Hall–Kier alpha value is -5.48. The van der Waals surface area contributed by atoms with E-state index < -0.39 is 23.1 Å². The van der Waals surface area contributed by atoms with Gasteiger partial charge >= 0.3 is 0 Å². The third kappa shape index (κ3) is 6.27. The highest BCUT2D eigenvalue weighted by Gasteiger charge is 2.18. The van der Waals surface area contributed by atoms with Gasteiger partial charge < -0.3 is 19.8 Å². The standard InChI is InChI=1S/C34H25ClF2N4O4/c1-2-44-28-14-16-41(24-10-7-22(36)8-11-24)34(43)25(28)18-31(42)40-23-9-12-29(27(37)17-23)45-30-13-15-38-33-32(30)26(19-39-33)20-3-5-21(35)6-4-20/h3-17,19H,2,18H2,1H3,(H,38,39)(H,40,42). The molecule has 0 bridgehead atoms. The second-order valence-corrected chi connectivity index (χ2v) is 10.4. The molecule has 226 valence electrons. The van der Waals surface area contributed by atoms with Gasteiger partial charge in [0.15, 0.2) is 11.6 Å². The molecule has 11 heteroatoms. The summed E-state index contributed by atoms with van der Waals surface area (Å²) < 4.78 is 41.6. The minimum Gasteiger partial charge on any atom is -0.493 e. The molecule has 0 fully saturated rings. The maximum Gasteiger partial charge on any atom is 0.262 e. The summed E-state index contributed by atoms with van der Waals surface area (Å²) in [6, 6.07) is 19.9. The number of ether oxygens (including phenoxy) is 2. The molecule has 2 N–H and O–H groups in total. The monoisotopic (exact) mass is 626 g/mol. The van der Waals surface area contributed by atoms with E-state index in [0.29, 0.717) is 27.5 Å². The number of hydrogen-bond acceptors (Lipinski definition) is 5. The molecule has 0 unspecified atom stereocenters. The van der Waals surface area contributed by atoms with Gasteiger partial charge in [-0.1, -0.05) is 23.7 Å². The lowest BCUT2D eigenvalue weighted by atomic mass is 10.1. The molecule has 0 saturated heterocycles. The topological polar surface area (TPSA) is 98.2 Å². The maximum atomic E-state index is 15.3. The molecule has 3 aromatic carbocycles. The smallest absolute Gasteiger partial charge is 0.262 e. The van der Waals surface area contributed by atoms with Crippen LogP contribution in [-0.4, -0.2) is 27.0 Å². The average Bonchev–Trinajstić information content (AvgIpc) is 3.47. The minimum absolute atomic E-state index is 0.0624. The highest BCUT2D eigenvalue weighted by Crippen LogP contribution is 2.38. The fourth-order valence-corrected chi connectivity index (χ4v) is 5.06. The number of carbonyl (C=O) groups excluding carboxylic acids is 1. The van der Waals surface area contributed by atoms with Crippen molar-refractivity contribution < 1.29 is 23.0 Å². The molecule has 0 saturated carbocycles. The Morgan fingerprint density at radius 1 is 0.978 bits per heavy atom. The number of nitrogens with zero attached hydrogens (tertiary/aromatic N) is 2. The van der Waals surface area contributed by atoms with Gasteiger partial charge in [-0.3, -0.25) is 14.2 Å². The number of fused-ring (bicyclic) bond motifs is 1. The first kappa shape index (κ1) is 29.6. The van der Waals surface area contributed by atoms with Crippen LogP contribution in [0, 0.1) is 11.6 Å². The van der Waals surface area contributed by atoms with E-state index in [2.05, 4.69) is 15.3 Å². The number of H-pyrrole nitrogens is 1. The molecule has 45 heavy (non-hydrogen) atoms. The number of aromatic nitrogens is 3. The summed E-state index contributed by atoms with van der Waals surface area (Å²) in [6.07, 6.45) is 4.50. The van der Waals surface area contributed by atoms with Crippen LogP contribution in [0.3, 0.4) is 0 Å². The lowest BCUT2D eigenvalue weighted by Crippen LogP contribution is -2.26. The van der Waals surface area contributed by atoms with E-state index in [0.717, 1.165) is 17.2 Å². The molecule has 1 amide bonds. The zero-order valence-corrected chi connectivity index (χ0v) is 24.6. The molecule has 6 rings (SSSR count). The molecule has 8 nitrogen and oxygen atoms in total. The van der Waals surface area contributed by atoms with Crippen LogP contribution >= 0.6 is 11.6 Å². The van der Waals surface area contributed by atoms with Crippen molar-refractivity contribution in [1.82, 2.24) is 14.5 Å². The molecule has 0 aliphatic rings. The van der Waals surface area contributed by atoms with Crippen molar-refractivity contribution in [3.63, 3.8) is 0 Å². The number of pyridine rings is 2. The van der Waals surface area contributed by atoms with Gasteiger partial charge in [-0.15, -0.1) is 0 Å². The number of aromatic amines is 1. The fraction of sp³-hybridized carbons (Fsp3) is 0.0882. The summed E-state index contributed by atoms with van der Waals surface area (Å²) in [6.45, 7) is 2.03. The second kappa shape index (κ2) is 12.6. The lowest BCUT2D eigenvalue weighted by molar-refractivity contribution is -0.115. The number of halogens is 3. The van der Waals surface area contributed by atoms with E-state index in [9.17, 15) is 14.0 Å². The van der Waals surface area contributed by atoms with Crippen LogP contribution in [0.25, 0.3) is 27.8 Å². The molecular formula is C34H25ClF2N4O4. The van der Waals surface area contributed by atoms with Crippen LogP contribution < -0.4 is 20.3 Å². The van der Waals surface area contributed by atoms with Crippen LogP contribution in [0.2, 0.25) is 5.02 Å². The van der Waals surface area contributed by atoms with E-state index in [1.807, 2.05) is 12.1 Å². The first-order valence-electron chi connectivity index (χ1n) is 13.9. The number of carbonyl (C=O) groups is 1. The van der Waals surface area contributed by atoms with Crippen molar-refractivity contribution in [2.24, 2.45) is 0 Å². The molecule has 0 spiro atoms. The maximum absolute atomic E-state index is 15.3. The van der Waals surface area contributed by atoms with Gasteiger partial charge in [0.1, 0.15) is 23.0 Å². The SMILES string of the molecule is CCOc1ccn(-c2ccc(F)cc2)c(=O)c1CC(=O)Nc1ccc(Oc2ccnc3[nH]cc(-c4ccc(Cl)cc4)c23)c(F)c1. The van der Waals surface area contributed by atoms with Gasteiger partial charge in [0.25, 0.3) is 5.56 Å². The van der Waals surface area contributed by atoms with Crippen LogP contribution in [0.15, 0.2) is 102 Å². The van der Waals surface area contributed by atoms with Crippen LogP contribution in [0.5, 0.6) is 17.2 Å². The normalized spacial score (nSPS) is 11.0. The summed E-state index contributed by atoms with van der Waals surface area (Å²) in [7, 11) is 0. The van der Waals surface area contributed by atoms with Crippen molar-refractivity contribution in [2.75, 3.05) is 11.9 Å². The van der Waals surface area contributed by atoms with Gasteiger partial charge in [-0.25, -0.2) is 13.8 Å². The van der Waals surface area contributed by atoms with E-state index >= 15 is 4.39 Å².